The monoisotopic (exact) mass is 517 g/mol. The first-order chi connectivity index (χ1) is 16.2. The predicted octanol–water partition coefficient (Wildman–Crippen LogP) is 5.46. The first-order valence-electron chi connectivity index (χ1n) is 10.6. The van der Waals surface area contributed by atoms with Crippen LogP contribution >= 0.6 is 23.2 Å². The summed E-state index contributed by atoms with van der Waals surface area (Å²) in [6.45, 7) is 3.66. The standard InChI is InChI=1S/C25H25Cl2N3O3S/c1-18(2)20-10-8-19(9-11-20)15-28-29-25(31)17-30(16-21-12-13-22(26)14-24(21)27)34(32,33)23-6-4-3-5-7-23/h3-15,18H,16-17H2,1-2H3,(H,29,31)/b28-15-. The largest absolute Gasteiger partial charge is 0.272 e. The maximum absolute atomic E-state index is 13.3. The minimum absolute atomic E-state index is 0.0710. The number of hydrogen-bond donors (Lipinski definition) is 1. The number of sulfonamides is 1. The van der Waals surface area contributed by atoms with Crippen molar-refractivity contribution in [3.8, 4) is 0 Å². The number of carbonyl (C=O) groups excluding carboxylic acids is 1. The van der Waals surface area contributed by atoms with Gasteiger partial charge in [-0.05, 0) is 46.9 Å². The average Bonchev–Trinajstić information content (AvgIpc) is 2.81. The van der Waals surface area contributed by atoms with Crippen molar-refractivity contribution in [2.45, 2.75) is 31.2 Å². The van der Waals surface area contributed by atoms with Crippen LogP contribution < -0.4 is 5.43 Å². The molecule has 9 heteroatoms. The molecule has 0 aliphatic carbocycles. The normalized spacial score (nSPS) is 11.9. The van der Waals surface area contributed by atoms with Gasteiger partial charge in [0.05, 0.1) is 17.7 Å². The zero-order valence-electron chi connectivity index (χ0n) is 18.8. The fourth-order valence-corrected chi connectivity index (χ4v) is 5.01. The van der Waals surface area contributed by atoms with Crippen LogP contribution in [0.3, 0.4) is 0 Å². The predicted molar refractivity (Wildman–Crippen MR) is 137 cm³/mol. The highest BCUT2D eigenvalue weighted by atomic mass is 35.5. The molecular formula is C25H25Cl2N3O3S. The first-order valence-corrected chi connectivity index (χ1v) is 12.8. The van der Waals surface area contributed by atoms with Gasteiger partial charge in [-0.2, -0.15) is 9.41 Å². The molecule has 0 saturated carbocycles. The second kappa shape index (κ2) is 11.6. The molecule has 0 aliphatic heterocycles. The Balaban J connectivity index is 1.77. The fourth-order valence-electron chi connectivity index (χ4n) is 3.15. The van der Waals surface area contributed by atoms with Crippen LogP contribution in [-0.4, -0.2) is 31.4 Å². The van der Waals surface area contributed by atoms with Crippen LogP contribution in [0.15, 0.2) is 82.8 Å². The van der Waals surface area contributed by atoms with Gasteiger partial charge < -0.3 is 0 Å². The molecule has 0 radical (unpaired) electrons. The number of hydrazone groups is 1. The number of halogens is 2. The highest BCUT2D eigenvalue weighted by molar-refractivity contribution is 7.89. The van der Waals surface area contributed by atoms with Gasteiger partial charge in [-0.3, -0.25) is 4.79 Å². The highest BCUT2D eigenvalue weighted by Gasteiger charge is 2.27. The van der Waals surface area contributed by atoms with E-state index in [4.69, 9.17) is 23.2 Å². The third-order valence-corrected chi connectivity index (χ3v) is 7.46. The van der Waals surface area contributed by atoms with Crippen molar-refractivity contribution in [2.75, 3.05) is 6.54 Å². The molecule has 0 aliphatic rings. The van der Waals surface area contributed by atoms with Crippen molar-refractivity contribution in [3.05, 3.63) is 99.5 Å². The van der Waals surface area contributed by atoms with Crippen molar-refractivity contribution < 1.29 is 13.2 Å². The third-order valence-electron chi connectivity index (χ3n) is 5.07. The summed E-state index contributed by atoms with van der Waals surface area (Å²) in [5.74, 6) is -0.169. The van der Waals surface area contributed by atoms with Crippen LogP contribution in [-0.2, 0) is 21.4 Å². The minimum Gasteiger partial charge on any atom is -0.272 e. The number of nitrogens with one attached hydrogen (secondary N) is 1. The van der Waals surface area contributed by atoms with Gasteiger partial charge in [0.1, 0.15) is 0 Å². The lowest BCUT2D eigenvalue weighted by molar-refractivity contribution is -0.121. The molecule has 34 heavy (non-hydrogen) atoms. The van der Waals surface area contributed by atoms with Crippen LogP contribution in [0.25, 0.3) is 0 Å². The number of amides is 1. The molecule has 3 aromatic carbocycles. The molecule has 0 bridgehead atoms. The Bertz CT molecular complexity index is 1260. The van der Waals surface area contributed by atoms with E-state index in [0.717, 1.165) is 9.87 Å². The quantitative estimate of drug-likeness (QED) is 0.302. The zero-order valence-corrected chi connectivity index (χ0v) is 21.1. The van der Waals surface area contributed by atoms with Crippen LogP contribution in [0.4, 0.5) is 0 Å². The van der Waals surface area contributed by atoms with Gasteiger partial charge in [-0.25, -0.2) is 13.8 Å². The summed E-state index contributed by atoms with van der Waals surface area (Å²) in [6.07, 6.45) is 1.51. The van der Waals surface area contributed by atoms with Crippen LogP contribution in [0, 0.1) is 0 Å². The lowest BCUT2D eigenvalue weighted by atomic mass is 10.0. The molecule has 0 fully saturated rings. The van der Waals surface area contributed by atoms with E-state index in [0.29, 0.717) is 21.5 Å². The van der Waals surface area contributed by atoms with Gasteiger partial charge in [0, 0.05) is 16.6 Å². The SMILES string of the molecule is CC(C)c1ccc(/C=N\NC(=O)CN(Cc2ccc(Cl)cc2Cl)S(=O)(=O)c2ccccc2)cc1. The van der Waals surface area contributed by atoms with E-state index >= 15 is 0 Å². The molecule has 3 rings (SSSR count). The molecular weight excluding hydrogens is 493 g/mol. The number of nitrogens with zero attached hydrogens (tertiary/aromatic N) is 2. The molecule has 1 N–H and O–H groups in total. The third kappa shape index (κ3) is 6.90. The Hall–Kier alpha value is -2.71. The van der Waals surface area contributed by atoms with Crippen molar-refractivity contribution in [2.24, 2.45) is 5.10 Å². The topological polar surface area (TPSA) is 78.8 Å². The smallest absolute Gasteiger partial charge is 0.255 e. The molecule has 0 heterocycles. The maximum Gasteiger partial charge on any atom is 0.255 e. The zero-order chi connectivity index (χ0) is 24.7. The Morgan fingerprint density at radius 1 is 1.03 bits per heavy atom. The second-order valence-corrected chi connectivity index (χ2v) is 10.7. The Morgan fingerprint density at radius 3 is 2.32 bits per heavy atom. The van der Waals surface area contributed by atoms with Gasteiger partial charge in [-0.15, -0.1) is 0 Å². The molecule has 0 saturated heterocycles. The summed E-state index contributed by atoms with van der Waals surface area (Å²) in [6, 6.07) is 20.5. The molecule has 6 nitrogen and oxygen atoms in total. The summed E-state index contributed by atoms with van der Waals surface area (Å²) in [4.78, 5) is 12.7. The van der Waals surface area contributed by atoms with Gasteiger partial charge in [0.25, 0.3) is 5.91 Å². The summed E-state index contributed by atoms with van der Waals surface area (Å²) in [5.41, 5.74) is 4.93. The average molecular weight is 518 g/mol. The number of carbonyl (C=O) groups is 1. The first kappa shape index (κ1) is 25.9. The lowest BCUT2D eigenvalue weighted by Crippen LogP contribution is -2.39. The van der Waals surface area contributed by atoms with Crippen molar-refractivity contribution >= 4 is 45.3 Å². The fraction of sp³-hybridized carbons (Fsp3) is 0.200. The van der Waals surface area contributed by atoms with Gasteiger partial charge in [0.15, 0.2) is 0 Å². The van der Waals surface area contributed by atoms with E-state index < -0.39 is 22.5 Å². The maximum atomic E-state index is 13.3. The second-order valence-electron chi connectivity index (χ2n) is 7.94. The van der Waals surface area contributed by atoms with E-state index in [2.05, 4.69) is 24.4 Å². The Labute approximate surface area is 210 Å². The molecule has 0 unspecified atom stereocenters. The van der Waals surface area contributed by atoms with Gasteiger partial charge in [0.2, 0.25) is 10.0 Å². The summed E-state index contributed by atoms with van der Waals surface area (Å²) >= 11 is 12.2. The van der Waals surface area contributed by atoms with E-state index in [9.17, 15) is 13.2 Å². The van der Waals surface area contributed by atoms with Crippen molar-refractivity contribution in [1.82, 2.24) is 9.73 Å². The van der Waals surface area contributed by atoms with Crippen LogP contribution in [0.5, 0.6) is 0 Å². The molecule has 1 amide bonds. The molecule has 0 atom stereocenters. The number of benzene rings is 3. The van der Waals surface area contributed by atoms with E-state index in [1.807, 2.05) is 24.3 Å². The summed E-state index contributed by atoms with van der Waals surface area (Å²) in [5, 5.41) is 4.71. The summed E-state index contributed by atoms with van der Waals surface area (Å²) < 4.78 is 27.6. The number of rotatable bonds is 9. The molecule has 3 aromatic rings. The van der Waals surface area contributed by atoms with Crippen molar-refractivity contribution in [3.63, 3.8) is 0 Å². The van der Waals surface area contributed by atoms with Crippen LogP contribution in [0.1, 0.15) is 36.5 Å². The Morgan fingerprint density at radius 2 is 1.71 bits per heavy atom. The van der Waals surface area contributed by atoms with E-state index in [1.54, 1.807) is 30.3 Å². The van der Waals surface area contributed by atoms with E-state index in [1.165, 1.54) is 30.0 Å². The van der Waals surface area contributed by atoms with Crippen LogP contribution in [0.2, 0.25) is 10.0 Å². The Kier molecular flexibility index (Phi) is 8.85. The molecule has 0 spiro atoms. The van der Waals surface area contributed by atoms with Gasteiger partial charge in [-0.1, -0.05) is 85.6 Å². The highest BCUT2D eigenvalue weighted by Crippen LogP contribution is 2.25. The molecule has 0 aromatic heterocycles. The summed E-state index contributed by atoms with van der Waals surface area (Å²) in [7, 11) is -3.98. The lowest BCUT2D eigenvalue weighted by Gasteiger charge is -2.22. The van der Waals surface area contributed by atoms with E-state index in [-0.39, 0.29) is 11.4 Å². The molecule has 178 valence electrons. The number of hydrogen-bond acceptors (Lipinski definition) is 4. The van der Waals surface area contributed by atoms with Crippen molar-refractivity contribution in [1.29, 1.82) is 0 Å². The van der Waals surface area contributed by atoms with Gasteiger partial charge >= 0.3 is 0 Å². The minimum atomic E-state index is -3.98.